The van der Waals surface area contributed by atoms with Crippen molar-refractivity contribution in [2.75, 3.05) is 16.4 Å². The number of carbonyl (C=O) groups excluding carboxylic acids is 1. The van der Waals surface area contributed by atoms with Crippen LogP contribution in [0.2, 0.25) is 5.02 Å². The number of halogens is 2. The molecule has 0 saturated carbocycles. The molecule has 174 valence electrons. The summed E-state index contributed by atoms with van der Waals surface area (Å²) in [5.41, 5.74) is 8.30. The lowest BCUT2D eigenvalue weighted by Gasteiger charge is -2.14. The number of aromatic nitrogens is 4. The van der Waals surface area contributed by atoms with Gasteiger partial charge >= 0.3 is 6.03 Å². The van der Waals surface area contributed by atoms with Gasteiger partial charge in [0.15, 0.2) is 0 Å². The monoisotopic (exact) mass is 479 g/mol. The van der Waals surface area contributed by atoms with E-state index in [1.807, 2.05) is 20.8 Å². The fourth-order valence-electron chi connectivity index (χ4n) is 3.22. The number of nitrogens with zero attached hydrogens (tertiary/aromatic N) is 3. The van der Waals surface area contributed by atoms with Gasteiger partial charge in [-0.15, -0.1) is 0 Å². The summed E-state index contributed by atoms with van der Waals surface area (Å²) in [7, 11) is 0. The zero-order valence-electron chi connectivity index (χ0n) is 18.8. The average Bonchev–Trinajstić information content (AvgIpc) is 3.23. The van der Waals surface area contributed by atoms with Gasteiger partial charge in [0.1, 0.15) is 11.6 Å². The molecule has 0 unspecified atom stereocenters. The molecule has 10 heteroatoms. The van der Waals surface area contributed by atoms with Gasteiger partial charge in [-0.25, -0.2) is 24.1 Å². The van der Waals surface area contributed by atoms with Gasteiger partial charge in [0.05, 0.1) is 22.8 Å². The van der Waals surface area contributed by atoms with Crippen LogP contribution in [0.15, 0.2) is 54.7 Å². The molecule has 2 aromatic carbocycles. The van der Waals surface area contributed by atoms with Gasteiger partial charge in [-0.05, 0) is 48.5 Å². The van der Waals surface area contributed by atoms with Crippen LogP contribution < -0.4 is 16.4 Å². The molecule has 0 fully saturated rings. The second kappa shape index (κ2) is 9.11. The van der Waals surface area contributed by atoms with Gasteiger partial charge in [0.2, 0.25) is 5.95 Å². The molecule has 8 nitrogen and oxygen atoms in total. The van der Waals surface area contributed by atoms with Gasteiger partial charge in [-0.1, -0.05) is 32.4 Å². The molecule has 4 rings (SSSR count). The highest BCUT2D eigenvalue weighted by molar-refractivity contribution is 6.30. The Labute approximate surface area is 200 Å². The van der Waals surface area contributed by atoms with Crippen molar-refractivity contribution in [2.24, 2.45) is 0 Å². The SMILES string of the molecule is CC(C)(C)c1nc(-c2ccc(F)c(NC(=O)Nc3ccc(Cl)cc3)c2)c(-c2ccnc(N)n2)[nH]1. The molecule has 0 atom stereocenters. The van der Waals surface area contributed by atoms with Crippen LogP contribution in [-0.2, 0) is 5.41 Å². The fraction of sp³-hybridized carbons (Fsp3) is 0.167. The highest BCUT2D eigenvalue weighted by Crippen LogP contribution is 2.34. The number of benzene rings is 2. The Morgan fingerprint density at radius 3 is 2.47 bits per heavy atom. The number of anilines is 3. The van der Waals surface area contributed by atoms with E-state index in [1.54, 1.807) is 42.6 Å². The van der Waals surface area contributed by atoms with E-state index in [0.29, 0.717) is 39.2 Å². The molecule has 2 heterocycles. The molecule has 4 aromatic rings. The molecular weight excluding hydrogens is 457 g/mol. The highest BCUT2D eigenvalue weighted by Gasteiger charge is 2.24. The van der Waals surface area contributed by atoms with E-state index in [2.05, 4.69) is 25.6 Å². The van der Waals surface area contributed by atoms with Crippen molar-refractivity contribution in [2.45, 2.75) is 26.2 Å². The quantitative estimate of drug-likeness (QED) is 0.292. The third kappa shape index (κ3) is 5.15. The van der Waals surface area contributed by atoms with Crippen LogP contribution in [0, 0.1) is 5.82 Å². The number of rotatable bonds is 4. The number of hydrogen-bond donors (Lipinski definition) is 4. The predicted molar refractivity (Wildman–Crippen MR) is 132 cm³/mol. The van der Waals surface area contributed by atoms with Crippen LogP contribution in [-0.4, -0.2) is 26.0 Å². The molecule has 0 aliphatic rings. The van der Waals surface area contributed by atoms with E-state index >= 15 is 0 Å². The maximum atomic E-state index is 14.6. The first kappa shape index (κ1) is 23.2. The van der Waals surface area contributed by atoms with Crippen LogP contribution in [0.25, 0.3) is 22.6 Å². The number of carbonyl (C=O) groups is 1. The van der Waals surface area contributed by atoms with Gasteiger partial charge in [-0.2, -0.15) is 0 Å². The summed E-state index contributed by atoms with van der Waals surface area (Å²) in [4.78, 5) is 28.8. The van der Waals surface area contributed by atoms with Crippen LogP contribution in [0.5, 0.6) is 0 Å². The van der Waals surface area contributed by atoms with E-state index in [9.17, 15) is 9.18 Å². The van der Waals surface area contributed by atoms with Gasteiger partial charge in [0.25, 0.3) is 0 Å². The van der Waals surface area contributed by atoms with Crippen LogP contribution in [0.4, 0.5) is 26.5 Å². The summed E-state index contributed by atoms with van der Waals surface area (Å²) in [6.07, 6.45) is 1.55. The summed E-state index contributed by atoms with van der Waals surface area (Å²) >= 11 is 5.87. The summed E-state index contributed by atoms with van der Waals surface area (Å²) in [6.45, 7) is 6.06. The Balaban J connectivity index is 1.69. The summed E-state index contributed by atoms with van der Waals surface area (Å²) in [5.74, 6) is 0.249. The number of nitrogens with one attached hydrogen (secondary N) is 3. The van der Waals surface area contributed by atoms with E-state index in [0.717, 1.165) is 0 Å². The summed E-state index contributed by atoms with van der Waals surface area (Å²) in [6, 6.07) is 12.1. The molecule has 0 bridgehead atoms. The number of amides is 2. The Hall–Kier alpha value is -3.98. The smallest absolute Gasteiger partial charge is 0.323 e. The Morgan fingerprint density at radius 1 is 1.06 bits per heavy atom. The minimum absolute atomic E-state index is 0.00239. The molecule has 0 radical (unpaired) electrons. The first-order valence-corrected chi connectivity index (χ1v) is 10.8. The number of aromatic amines is 1. The van der Waals surface area contributed by atoms with Crippen LogP contribution in [0.3, 0.4) is 0 Å². The van der Waals surface area contributed by atoms with Gasteiger partial charge in [0, 0.05) is 27.9 Å². The number of hydrogen-bond acceptors (Lipinski definition) is 5. The number of nitrogens with two attached hydrogens (primary N) is 1. The van der Waals surface area contributed by atoms with Gasteiger partial charge < -0.3 is 21.4 Å². The van der Waals surface area contributed by atoms with E-state index in [4.69, 9.17) is 22.3 Å². The largest absolute Gasteiger partial charge is 0.368 e. The second-order valence-electron chi connectivity index (χ2n) is 8.64. The van der Waals surface area contributed by atoms with E-state index < -0.39 is 11.8 Å². The molecule has 0 aliphatic heterocycles. The highest BCUT2D eigenvalue weighted by atomic mass is 35.5. The van der Waals surface area contributed by atoms with Crippen molar-refractivity contribution >= 4 is 35.0 Å². The third-order valence-corrected chi connectivity index (χ3v) is 5.19. The lowest BCUT2D eigenvalue weighted by atomic mass is 9.96. The molecular formula is C24H23ClFN7O. The first-order chi connectivity index (χ1) is 16.1. The predicted octanol–water partition coefficient (Wildman–Crippen LogP) is 5.85. The average molecular weight is 480 g/mol. The normalized spacial score (nSPS) is 11.3. The maximum Gasteiger partial charge on any atom is 0.323 e. The van der Waals surface area contributed by atoms with Crippen molar-refractivity contribution in [3.63, 3.8) is 0 Å². The lowest BCUT2D eigenvalue weighted by molar-refractivity contribution is 0.262. The molecule has 0 saturated heterocycles. The minimum Gasteiger partial charge on any atom is -0.368 e. The molecule has 34 heavy (non-hydrogen) atoms. The number of H-pyrrole nitrogens is 1. The van der Waals surface area contributed by atoms with Crippen molar-refractivity contribution in [1.82, 2.24) is 19.9 Å². The Morgan fingerprint density at radius 2 is 1.79 bits per heavy atom. The van der Waals surface area contributed by atoms with Crippen molar-refractivity contribution < 1.29 is 9.18 Å². The standard InChI is InChI=1S/C24H23ClFN7O/c1-24(2,3)21-32-19(20(33-21)17-10-11-28-22(27)30-17)13-4-9-16(26)18(12-13)31-23(34)29-15-7-5-14(25)6-8-15/h4-12H,1-3H3,(H,32,33)(H2,27,28,30)(H2,29,31,34). The van der Waals surface area contributed by atoms with Crippen LogP contribution in [0.1, 0.15) is 26.6 Å². The molecule has 5 N–H and O–H groups in total. The van der Waals surface area contributed by atoms with Crippen molar-refractivity contribution in [3.05, 3.63) is 71.4 Å². The van der Waals surface area contributed by atoms with E-state index in [-0.39, 0.29) is 17.1 Å². The zero-order chi connectivity index (χ0) is 24.5. The first-order valence-electron chi connectivity index (χ1n) is 10.4. The number of nitrogen functional groups attached to an aromatic ring is 1. The van der Waals surface area contributed by atoms with Crippen LogP contribution >= 0.6 is 11.6 Å². The second-order valence-corrected chi connectivity index (χ2v) is 9.08. The van der Waals surface area contributed by atoms with Crippen molar-refractivity contribution in [3.8, 4) is 22.6 Å². The van der Waals surface area contributed by atoms with Gasteiger partial charge in [-0.3, -0.25) is 0 Å². The minimum atomic E-state index is -0.598. The topological polar surface area (TPSA) is 122 Å². The molecule has 0 aliphatic carbocycles. The summed E-state index contributed by atoms with van der Waals surface area (Å²) in [5, 5.41) is 5.73. The Kier molecular flexibility index (Phi) is 6.21. The maximum absolute atomic E-state index is 14.6. The summed E-state index contributed by atoms with van der Waals surface area (Å²) < 4.78 is 14.6. The molecule has 2 amide bonds. The number of imidazole rings is 1. The zero-order valence-corrected chi connectivity index (χ0v) is 19.5. The fourth-order valence-corrected chi connectivity index (χ4v) is 3.35. The lowest BCUT2D eigenvalue weighted by Crippen LogP contribution is -2.20. The molecule has 2 aromatic heterocycles. The molecule has 0 spiro atoms. The van der Waals surface area contributed by atoms with Crippen molar-refractivity contribution in [1.29, 1.82) is 0 Å². The number of urea groups is 1. The third-order valence-electron chi connectivity index (χ3n) is 4.93. The Bertz CT molecular complexity index is 1350. The van der Waals surface area contributed by atoms with E-state index in [1.165, 1.54) is 12.1 Å².